The summed E-state index contributed by atoms with van der Waals surface area (Å²) in [7, 11) is 0. The summed E-state index contributed by atoms with van der Waals surface area (Å²) in [4.78, 5) is 6.96. The smallest absolute Gasteiger partial charge is 0.0990 e. The van der Waals surface area contributed by atoms with Crippen LogP contribution in [0.3, 0.4) is 0 Å². The van der Waals surface area contributed by atoms with Crippen molar-refractivity contribution in [3.63, 3.8) is 0 Å². The predicted molar refractivity (Wildman–Crippen MR) is 87.4 cm³/mol. The highest BCUT2D eigenvalue weighted by Gasteiger charge is 2.15. The summed E-state index contributed by atoms with van der Waals surface area (Å²) in [6, 6.07) is 0. The van der Waals surface area contributed by atoms with Crippen LogP contribution < -0.4 is 0 Å². The third-order valence-electron chi connectivity index (χ3n) is 4.12. The van der Waals surface area contributed by atoms with Gasteiger partial charge in [-0.05, 0) is 12.8 Å². The highest BCUT2D eigenvalue weighted by molar-refractivity contribution is 5.83. The van der Waals surface area contributed by atoms with E-state index in [1.54, 1.807) is 0 Å². The van der Waals surface area contributed by atoms with Gasteiger partial charge in [-0.3, -0.25) is 4.99 Å². The molecule has 1 aliphatic heterocycles. The van der Waals surface area contributed by atoms with Crippen molar-refractivity contribution in [2.45, 2.75) is 77.6 Å². The standard InChI is InChI=1S/C17H34N2O/c1-2-3-4-5-6-7-8-9-10-12-17-18-13-15-19(17)14-11-16-20/h20H,2-16H2,1H3. The summed E-state index contributed by atoms with van der Waals surface area (Å²) in [6.07, 6.45) is 14.5. The second kappa shape index (κ2) is 12.2. The van der Waals surface area contributed by atoms with Crippen molar-refractivity contribution in [1.82, 2.24) is 4.90 Å². The first-order chi connectivity index (χ1) is 9.88. The lowest BCUT2D eigenvalue weighted by Gasteiger charge is -2.19. The third-order valence-corrected chi connectivity index (χ3v) is 4.12. The summed E-state index contributed by atoms with van der Waals surface area (Å²) in [5.41, 5.74) is 0. The zero-order chi connectivity index (χ0) is 14.5. The number of unbranched alkanes of at least 4 members (excludes halogenated alkanes) is 8. The van der Waals surface area contributed by atoms with Crippen LogP contribution in [-0.4, -0.2) is 42.1 Å². The fourth-order valence-electron chi connectivity index (χ4n) is 2.86. The first kappa shape index (κ1) is 17.5. The topological polar surface area (TPSA) is 35.8 Å². The molecule has 0 radical (unpaired) electrons. The van der Waals surface area contributed by atoms with Gasteiger partial charge in [0.2, 0.25) is 0 Å². The van der Waals surface area contributed by atoms with Gasteiger partial charge in [-0.15, -0.1) is 0 Å². The molecule has 1 heterocycles. The molecular formula is C17H34N2O. The van der Waals surface area contributed by atoms with Gasteiger partial charge in [-0.1, -0.05) is 58.3 Å². The van der Waals surface area contributed by atoms with Crippen molar-refractivity contribution in [1.29, 1.82) is 0 Å². The molecular weight excluding hydrogens is 248 g/mol. The molecule has 0 atom stereocenters. The zero-order valence-corrected chi connectivity index (χ0v) is 13.4. The minimum absolute atomic E-state index is 0.293. The van der Waals surface area contributed by atoms with E-state index in [0.717, 1.165) is 32.5 Å². The van der Waals surface area contributed by atoms with Gasteiger partial charge < -0.3 is 10.0 Å². The Kier molecular flexibility index (Phi) is 10.7. The Bertz CT molecular complexity index is 253. The van der Waals surface area contributed by atoms with Crippen LogP contribution in [0.2, 0.25) is 0 Å². The average Bonchev–Trinajstić information content (AvgIpc) is 2.91. The van der Waals surface area contributed by atoms with Crippen molar-refractivity contribution in [3.8, 4) is 0 Å². The number of amidine groups is 1. The molecule has 20 heavy (non-hydrogen) atoms. The van der Waals surface area contributed by atoms with Crippen LogP contribution in [-0.2, 0) is 0 Å². The van der Waals surface area contributed by atoms with Crippen LogP contribution in [0.1, 0.15) is 77.6 Å². The minimum atomic E-state index is 0.293. The molecule has 118 valence electrons. The summed E-state index contributed by atoms with van der Waals surface area (Å²) < 4.78 is 0. The van der Waals surface area contributed by atoms with E-state index in [-0.39, 0.29) is 0 Å². The first-order valence-electron chi connectivity index (χ1n) is 8.77. The molecule has 0 aromatic rings. The molecule has 0 saturated heterocycles. The van der Waals surface area contributed by atoms with E-state index >= 15 is 0 Å². The van der Waals surface area contributed by atoms with Crippen molar-refractivity contribution in [2.75, 3.05) is 26.2 Å². The number of hydrogen-bond acceptors (Lipinski definition) is 3. The fraction of sp³-hybridized carbons (Fsp3) is 0.941. The van der Waals surface area contributed by atoms with E-state index in [4.69, 9.17) is 5.11 Å². The Hall–Kier alpha value is -0.570. The average molecular weight is 282 g/mol. The van der Waals surface area contributed by atoms with E-state index < -0.39 is 0 Å². The number of nitrogens with zero attached hydrogens (tertiary/aromatic N) is 2. The van der Waals surface area contributed by atoms with Crippen LogP contribution in [0.15, 0.2) is 4.99 Å². The SMILES string of the molecule is CCCCCCCCCCCC1=NCCN1CCCO. The van der Waals surface area contributed by atoms with Crippen LogP contribution >= 0.6 is 0 Å². The van der Waals surface area contributed by atoms with E-state index in [9.17, 15) is 0 Å². The molecule has 3 heteroatoms. The lowest BCUT2D eigenvalue weighted by Crippen LogP contribution is -2.29. The molecule has 0 fully saturated rings. The van der Waals surface area contributed by atoms with E-state index in [2.05, 4.69) is 16.8 Å². The van der Waals surface area contributed by atoms with Crippen LogP contribution in [0, 0.1) is 0 Å². The Morgan fingerprint density at radius 1 is 0.950 bits per heavy atom. The van der Waals surface area contributed by atoms with Gasteiger partial charge in [0.25, 0.3) is 0 Å². The molecule has 0 bridgehead atoms. The molecule has 0 amide bonds. The Labute approximate surface area is 125 Å². The first-order valence-corrected chi connectivity index (χ1v) is 8.77. The number of aliphatic hydroxyl groups is 1. The molecule has 0 aromatic heterocycles. The van der Waals surface area contributed by atoms with E-state index in [1.165, 1.54) is 63.6 Å². The monoisotopic (exact) mass is 282 g/mol. The predicted octanol–water partition coefficient (Wildman–Crippen LogP) is 4.00. The van der Waals surface area contributed by atoms with Crippen LogP contribution in [0.5, 0.6) is 0 Å². The molecule has 1 aliphatic rings. The fourth-order valence-corrected chi connectivity index (χ4v) is 2.86. The lowest BCUT2D eigenvalue weighted by atomic mass is 10.1. The number of aliphatic imine (C=N–C) groups is 1. The van der Waals surface area contributed by atoms with E-state index in [0.29, 0.717) is 6.61 Å². The van der Waals surface area contributed by atoms with Crippen molar-refractivity contribution < 1.29 is 5.11 Å². The van der Waals surface area contributed by atoms with Gasteiger partial charge in [-0.2, -0.15) is 0 Å². The quantitative estimate of drug-likeness (QED) is 0.518. The molecule has 0 spiro atoms. The van der Waals surface area contributed by atoms with Crippen LogP contribution in [0.4, 0.5) is 0 Å². The molecule has 3 nitrogen and oxygen atoms in total. The Balaban J connectivity index is 1.93. The van der Waals surface area contributed by atoms with Crippen molar-refractivity contribution >= 4 is 5.84 Å². The Morgan fingerprint density at radius 2 is 1.60 bits per heavy atom. The number of aliphatic hydroxyl groups excluding tert-OH is 1. The number of rotatable bonds is 13. The molecule has 0 unspecified atom stereocenters. The lowest BCUT2D eigenvalue weighted by molar-refractivity contribution is 0.269. The van der Waals surface area contributed by atoms with Crippen molar-refractivity contribution in [2.24, 2.45) is 4.99 Å². The van der Waals surface area contributed by atoms with Gasteiger partial charge in [0.05, 0.1) is 12.4 Å². The summed E-state index contributed by atoms with van der Waals surface area (Å²) in [5.74, 6) is 1.29. The molecule has 1 rings (SSSR count). The maximum atomic E-state index is 8.90. The largest absolute Gasteiger partial charge is 0.396 e. The third kappa shape index (κ3) is 7.88. The second-order valence-electron chi connectivity index (χ2n) is 5.94. The summed E-state index contributed by atoms with van der Waals surface area (Å²) >= 11 is 0. The van der Waals surface area contributed by atoms with Crippen LogP contribution in [0.25, 0.3) is 0 Å². The minimum Gasteiger partial charge on any atom is -0.396 e. The Morgan fingerprint density at radius 3 is 2.25 bits per heavy atom. The van der Waals surface area contributed by atoms with Gasteiger partial charge in [0, 0.05) is 26.1 Å². The zero-order valence-electron chi connectivity index (χ0n) is 13.4. The second-order valence-corrected chi connectivity index (χ2v) is 5.94. The molecule has 0 aromatic carbocycles. The molecule has 0 aliphatic carbocycles. The van der Waals surface area contributed by atoms with Crippen molar-refractivity contribution in [3.05, 3.63) is 0 Å². The van der Waals surface area contributed by atoms with Gasteiger partial charge in [-0.25, -0.2) is 0 Å². The molecule has 1 N–H and O–H groups in total. The maximum Gasteiger partial charge on any atom is 0.0990 e. The summed E-state index contributed by atoms with van der Waals surface area (Å²) in [6.45, 7) is 5.56. The van der Waals surface area contributed by atoms with E-state index in [1.807, 2.05) is 0 Å². The number of hydrogen-bond donors (Lipinski definition) is 1. The van der Waals surface area contributed by atoms with Gasteiger partial charge in [0.1, 0.15) is 0 Å². The normalized spacial score (nSPS) is 14.9. The summed E-state index contributed by atoms with van der Waals surface area (Å²) in [5, 5.41) is 8.90. The highest BCUT2D eigenvalue weighted by Crippen LogP contribution is 2.13. The van der Waals surface area contributed by atoms with Gasteiger partial charge >= 0.3 is 0 Å². The molecule has 0 saturated carbocycles. The maximum absolute atomic E-state index is 8.90. The van der Waals surface area contributed by atoms with Gasteiger partial charge in [0.15, 0.2) is 0 Å². The highest BCUT2D eigenvalue weighted by atomic mass is 16.3.